The fourth-order valence-electron chi connectivity index (χ4n) is 2.15. The summed E-state index contributed by atoms with van der Waals surface area (Å²) in [5.41, 5.74) is 2.02. The molecular weight excluding hydrogens is 314 g/mol. The van der Waals surface area contributed by atoms with Crippen molar-refractivity contribution in [2.24, 2.45) is 0 Å². The first kappa shape index (κ1) is 15.2. The van der Waals surface area contributed by atoms with Gasteiger partial charge >= 0.3 is 11.9 Å². The minimum Gasteiger partial charge on any atom is -0.465 e. The Balaban J connectivity index is 2.00. The molecule has 0 radical (unpaired) electrons. The maximum atomic E-state index is 11.5. The molecule has 23 heavy (non-hydrogen) atoms. The maximum absolute atomic E-state index is 11.5. The second kappa shape index (κ2) is 6.18. The lowest BCUT2D eigenvalue weighted by atomic mass is 10.1. The first-order valence-corrected chi connectivity index (χ1v) is 7.67. The normalized spacial score (nSPS) is 10.5. The number of esters is 2. The van der Waals surface area contributed by atoms with Crippen LogP contribution in [0.2, 0.25) is 0 Å². The van der Waals surface area contributed by atoms with Crippen LogP contribution in [0.15, 0.2) is 42.5 Å². The Morgan fingerprint density at radius 2 is 1.83 bits per heavy atom. The number of methoxy groups -OCH3 is 1. The van der Waals surface area contributed by atoms with Crippen molar-refractivity contribution in [3.8, 4) is 16.3 Å². The highest BCUT2D eigenvalue weighted by Crippen LogP contribution is 2.34. The second-order valence-corrected chi connectivity index (χ2v) is 5.82. The van der Waals surface area contributed by atoms with Crippen molar-refractivity contribution in [3.05, 3.63) is 48.0 Å². The highest BCUT2D eigenvalue weighted by molar-refractivity contribution is 7.21. The van der Waals surface area contributed by atoms with Gasteiger partial charge in [0.1, 0.15) is 10.5 Å². The van der Waals surface area contributed by atoms with Crippen LogP contribution in [0.3, 0.4) is 0 Å². The van der Waals surface area contributed by atoms with Crippen LogP contribution in [0.1, 0.15) is 17.3 Å². The molecule has 0 spiro atoms. The Bertz CT molecular complexity index is 883. The zero-order valence-electron chi connectivity index (χ0n) is 12.5. The molecule has 0 bridgehead atoms. The topological polar surface area (TPSA) is 65.5 Å². The molecule has 3 rings (SSSR count). The lowest BCUT2D eigenvalue weighted by Crippen LogP contribution is -2.01. The van der Waals surface area contributed by atoms with E-state index in [1.54, 1.807) is 18.2 Å². The zero-order valence-corrected chi connectivity index (χ0v) is 13.3. The summed E-state index contributed by atoms with van der Waals surface area (Å²) in [5.74, 6) is -0.309. The summed E-state index contributed by atoms with van der Waals surface area (Å²) in [6, 6.07) is 12.5. The summed E-state index contributed by atoms with van der Waals surface area (Å²) in [6.07, 6.45) is 0. The number of fused-ring (bicyclic) bond motifs is 1. The van der Waals surface area contributed by atoms with E-state index in [4.69, 9.17) is 4.74 Å². The van der Waals surface area contributed by atoms with Crippen LogP contribution in [0.4, 0.5) is 0 Å². The molecule has 3 aromatic rings. The van der Waals surface area contributed by atoms with Gasteiger partial charge in [0.25, 0.3) is 0 Å². The number of ether oxygens (including phenoxy) is 2. The van der Waals surface area contributed by atoms with Crippen LogP contribution in [0.5, 0.6) is 5.75 Å². The number of para-hydroxylation sites is 1. The van der Waals surface area contributed by atoms with Crippen LogP contribution in [0, 0.1) is 0 Å². The summed E-state index contributed by atoms with van der Waals surface area (Å²) in [7, 11) is 1.35. The lowest BCUT2D eigenvalue weighted by Gasteiger charge is -2.01. The molecule has 1 aromatic heterocycles. The molecule has 0 aliphatic heterocycles. The number of aromatic nitrogens is 1. The Hall–Kier alpha value is -2.73. The van der Waals surface area contributed by atoms with Crippen molar-refractivity contribution < 1.29 is 19.1 Å². The van der Waals surface area contributed by atoms with Crippen LogP contribution < -0.4 is 4.74 Å². The highest BCUT2D eigenvalue weighted by Gasteiger charge is 2.12. The summed E-state index contributed by atoms with van der Waals surface area (Å²) >= 11 is 1.49. The van der Waals surface area contributed by atoms with Gasteiger partial charge in [-0.05, 0) is 24.3 Å². The number of thiazole rings is 1. The van der Waals surface area contributed by atoms with Gasteiger partial charge in [-0.3, -0.25) is 4.79 Å². The predicted molar refractivity (Wildman–Crippen MR) is 87.7 cm³/mol. The Morgan fingerprint density at radius 3 is 2.48 bits per heavy atom. The third-order valence-corrected chi connectivity index (χ3v) is 4.26. The van der Waals surface area contributed by atoms with Crippen molar-refractivity contribution in [1.82, 2.24) is 4.98 Å². The van der Waals surface area contributed by atoms with Gasteiger partial charge in [0.05, 0.1) is 17.4 Å². The predicted octanol–water partition coefficient (Wildman–Crippen LogP) is 3.68. The lowest BCUT2D eigenvalue weighted by molar-refractivity contribution is -0.131. The highest BCUT2D eigenvalue weighted by atomic mass is 32.1. The molecule has 2 aromatic carbocycles. The molecule has 0 aliphatic rings. The molecule has 0 saturated heterocycles. The molecule has 5 nitrogen and oxygen atoms in total. The SMILES string of the molecule is COC(=O)c1ccc(-c2nc3c(OC(C)=O)cccc3s2)cc1. The number of hydrogen-bond acceptors (Lipinski definition) is 6. The van der Waals surface area contributed by atoms with Gasteiger partial charge in [-0.25, -0.2) is 9.78 Å². The van der Waals surface area contributed by atoms with E-state index in [1.165, 1.54) is 25.4 Å². The molecule has 0 atom stereocenters. The molecule has 6 heteroatoms. The van der Waals surface area contributed by atoms with Crippen LogP contribution in [-0.4, -0.2) is 24.0 Å². The number of rotatable bonds is 3. The number of hydrogen-bond donors (Lipinski definition) is 0. The largest absolute Gasteiger partial charge is 0.465 e. The quantitative estimate of drug-likeness (QED) is 0.542. The standard InChI is InChI=1S/C17H13NO4S/c1-10(19)22-13-4-3-5-14-15(13)18-16(23-14)11-6-8-12(9-7-11)17(20)21-2/h3-9H,1-2H3. The molecular formula is C17H13NO4S. The van der Waals surface area contributed by atoms with Crippen molar-refractivity contribution >= 4 is 33.5 Å². The van der Waals surface area contributed by atoms with Gasteiger partial charge in [0.2, 0.25) is 0 Å². The summed E-state index contributed by atoms with van der Waals surface area (Å²) in [5, 5.41) is 0.788. The first-order chi connectivity index (χ1) is 11.1. The van der Waals surface area contributed by atoms with Gasteiger partial charge in [0, 0.05) is 12.5 Å². The van der Waals surface area contributed by atoms with Gasteiger partial charge in [-0.15, -0.1) is 11.3 Å². The van der Waals surface area contributed by atoms with E-state index in [0.717, 1.165) is 15.3 Å². The van der Waals surface area contributed by atoms with E-state index in [9.17, 15) is 9.59 Å². The van der Waals surface area contributed by atoms with Crippen molar-refractivity contribution in [1.29, 1.82) is 0 Å². The molecule has 0 amide bonds. The van der Waals surface area contributed by atoms with E-state index in [2.05, 4.69) is 9.72 Å². The number of benzene rings is 2. The Morgan fingerprint density at radius 1 is 1.09 bits per heavy atom. The fourth-order valence-corrected chi connectivity index (χ4v) is 3.14. The van der Waals surface area contributed by atoms with Gasteiger partial charge < -0.3 is 9.47 Å². The van der Waals surface area contributed by atoms with E-state index in [0.29, 0.717) is 16.8 Å². The molecule has 0 N–H and O–H groups in total. The maximum Gasteiger partial charge on any atom is 0.337 e. The van der Waals surface area contributed by atoms with E-state index >= 15 is 0 Å². The minimum atomic E-state index is -0.380. The first-order valence-electron chi connectivity index (χ1n) is 6.85. The van der Waals surface area contributed by atoms with Crippen molar-refractivity contribution in [2.75, 3.05) is 7.11 Å². The van der Waals surface area contributed by atoms with E-state index in [1.807, 2.05) is 24.3 Å². The molecule has 0 fully saturated rings. The molecule has 0 saturated carbocycles. The second-order valence-electron chi connectivity index (χ2n) is 4.78. The molecule has 1 heterocycles. The average Bonchev–Trinajstić information content (AvgIpc) is 2.99. The molecule has 0 unspecified atom stereocenters. The number of carbonyl (C=O) groups is 2. The van der Waals surface area contributed by atoms with E-state index < -0.39 is 0 Å². The minimum absolute atomic E-state index is 0.377. The summed E-state index contributed by atoms with van der Waals surface area (Å²) < 4.78 is 10.8. The van der Waals surface area contributed by atoms with Crippen LogP contribution in [-0.2, 0) is 9.53 Å². The third kappa shape index (κ3) is 3.07. The third-order valence-electron chi connectivity index (χ3n) is 3.19. The summed E-state index contributed by atoms with van der Waals surface area (Å²) in [4.78, 5) is 27.2. The average molecular weight is 327 g/mol. The Labute approximate surface area is 136 Å². The molecule has 116 valence electrons. The fraction of sp³-hybridized carbons (Fsp3) is 0.118. The van der Waals surface area contributed by atoms with E-state index in [-0.39, 0.29) is 11.9 Å². The molecule has 0 aliphatic carbocycles. The summed E-state index contributed by atoms with van der Waals surface area (Å²) in [6.45, 7) is 1.36. The van der Waals surface area contributed by atoms with Crippen LogP contribution in [0.25, 0.3) is 20.8 Å². The van der Waals surface area contributed by atoms with Gasteiger partial charge in [-0.2, -0.15) is 0 Å². The smallest absolute Gasteiger partial charge is 0.337 e. The van der Waals surface area contributed by atoms with Gasteiger partial charge in [-0.1, -0.05) is 18.2 Å². The van der Waals surface area contributed by atoms with Gasteiger partial charge in [0.15, 0.2) is 5.75 Å². The Kier molecular flexibility index (Phi) is 4.08. The number of carbonyl (C=O) groups excluding carboxylic acids is 2. The monoisotopic (exact) mass is 327 g/mol. The zero-order chi connectivity index (χ0) is 16.4. The number of nitrogens with zero attached hydrogens (tertiary/aromatic N) is 1. The van der Waals surface area contributed by atoms with Crippen LogP contribution >= 0.6 is 11.3 Å². The van der Waals surface area contributed by atoms with Crippen molar-refractivity contribution in [2.45, 2.75) is 6.92 Å². The van der Waals surface area contributed by atoms with Crippen molar-refractivity contribution in [3.63, 3.8) is 0 Å².